The van der Waals surface area contributed by atoms with Crippen molar-refractivity contribution in [2.24, 2.45) is 9.98 Å². The second-order valence-electron chi connectivity index (χ2n) is 11.3. The maximum atomic E-state index is 12.5. The van der Waals surface area contributed by atoms with Gasteiger partial charge in [-0.15, -0.1) is 5.92 Å². The third-order valence-electron chi connectivity index (χ3n) is 6.91. The molecule has 0 radical (unpaired) electrons. The molecule has 9 N–H and O–H groups in total. The summed E-state index contributed by atoms with van der Waals surface area (Å²) in [6.45, 7) is 3.93. The largest absolute Gasteiger partial charge is 0.480 e. The SMILES string of the molecule is C=NC(=O)[C@H](C#CCCCNC(=O)CC[C@H](NC(=O)/C=C/[C@H](NC(=O)CCC(/C=C/C(=O)O)=NCC(=O)CC[C@H](NC(C)=O)C(=O)O)C(=O)O)C(=O)O)NC. The number of nitrogens with zero attached hydrogens (tertiary/aromatic N) is 2. The van der Waals surface area contributed by atoms with E-state index in [1.807, 2.05) is 0 Å². The average molecular weight is 776 g/mol. The molecular formula is C34H45N7O14. The van der Waals surface area contributed by atoms with Crippen molar-refractivity contribution in [3.63, 3.8) is 0 Å². The van der Waals surface area contributed by atoms with Crippen LogP contribution in [0.3, 0.4) is 0 Å². The Morgan fingerprint density at radius 3 is 1.96 bits per heavy atom. The fraction of sp³-hybridized carbons (Fsp3) is 0.471. The number of nitrogens with one attached hydrogen (secondary N) is 5. The van der Waals surface area contributed by atoms with E-state index in [0.717, 1.165) is 19.1 Å². The van der Waals surface area contributed by atoms with E-state index in [-0.39, 0.29) is 44.4 Å². The fourth-order valence-electron chi connectivity index (χ4n) is 4.09. The highest BCUT2D eigenvalue weighted by atomic mass is 16.4. The topological polar surface area (TPSA) is 336 Å². The molecule has 0 rings (SSSR count). The molecule has 0 aliphatic rings. The van der Waals surface area contributed by atoms with Crippen LogP contribution in [0.5, 0.6) is 0 Å². The lowest BCUT2D eigenvalue weighted by molar-refractivity contribution is -0.142. The summed E-state index contributed by atoms with van der Waals surface area (Å²) < 4.78 is 0. The van der Waals surface area contributed by atoms with Crippen molar-refractivity contribution in [3.05, 3.63) is 24.3 Å². The fourth-order valence-corrected chi connectivity index (χ4v) is 4.09. The summed E-state index contributed by atoms with van der Waals surface area (Å²) in [7, 11) is 1.53. The quantitative estimate of drug-likeness (QED) is 0.0198. The molecule has 21 nitrogen and oxygen atoms in total. The molecule has 0 aliphatic carbocycles. The molecule has 0 spiro atoms. The monoisotopic (exact) mass is 775 g/mol. The predicted molar refractivity (Wildman–Crippen MR) is 193 cm³/mol. The summed E-state index contributed by atoms with van der Waals surface area (Å²) in [4.78, 5) is 125. The van der Waals surface area contributed by atoms with E-state index >= 15 is 0 Å². The molecule has 0 saturated carbocycles. The molecule has 0 aromatic rings. The summed E-state index contributed by atoms with van der Waals surface area (Å²) in [5.41, 5.74) is -0.0403. The van der Waals surface area contributed by atoms with E-state index in [0.29, 0.717) is 25.0 Å². The van der Waals surface area contributed by atoms with Crippen molar-refractivity contribution in [3.8, 4) is 11.8 Å². The predicted octanol–water partition coefficient (Wildman–Crippen LogP) is -2.02. The number of hydrogen-bond acceptors (Lipinski definition) is 12. The minimum absolute atomic E-state index is 0.0403. The lowest BCUT2D eigenvalue weighted by Gasteiger charge is -2.14. The lowest BCUT2D eigenvalue weighted by Crippen LogP contribution is -2.42. The molecule has 0 unspecified atom stereocenters. The van der Waals surface area contributed by atoms with Gasteiger partial charge in [0.05, 0.1) is 6.54 Å². The van der Waals surface area contributed by atoms with Crippen molar-refractivity contribution in [2.75, 3.05) is 20.1 Å². The number of carboxylic acids is 4. The number of unbranched alkanes of at least 4 members (excludes halogenated alkanes) is 1. The molecule has 0 bridgehead atoms. The van der Waals surface area contributed by atoms with Gasteiger partial charge < -0.3 is 41.7 Å². The van der Waals surface area contributed by atoms with E-state index in [1.54, 1.807) is 0 Å². The van der Waals surface area contributed by atoms with Gasteiger partial charge in [-0.25, -0.2) is 24.2 Å². The van der Waals surface area contributed by atoms with Crippen molar-refractivity contribution in [1.29, 1.82) is 0 Å². The molecule has 0 heterocycles. The zero-order valence-electron chi connectivity index (χ0n) is 30.2. The van der Waals surface area contributed by atoms with E-state index in [2.05, 4.69) is 55.1 Å². The number of carboxylic acid groups (broad SMARTS) is 4. The molecule has 0 aromatic carbocycles. The molecule has 0 aliphatic heterocycles. The minimum Gasteiger partial charge on any atom is -0.480 e. The second kappa shape index (κ2) is 27.1. The number of carbonyl (C=O) groups excluding carboxylic acids is 6. The van der Waals surface area contributed by atoms with Crippen LogP contribution in [0, 0.1) is 11.8 Å². The van der Waals surface area contributed by atoms with Gasteiger partial charge in [0.2, 0.25) is 23.6 Å². The summed E-state index contributed by atoms with van der Waals surface area (Å²) in [6, 6.07) is -5.41. The Kier molecular flexibility index (Phi) is 23.9. The number of rotatable bonds is 26. The summed E-state index contributed by atoms with van der Waals surface area (Å²) in [5.74, 6) is -4.49. The van der Waals surface area contributed by atoms with Gasteiger partial charge in [0.15, 0.2) is 11.8 Å². The van der Waals surface area contributed by atoms with Crippen LogP contribution in [-0.2, 0) is 47.9 Å². The van der Waals surface area contributed by atoms with Crippen molar-refractivity contribution in [1.82, 2.24) is 26.6 Å². The Bertz CT molecular complexity index is 1610. The van der Waals surface area contributed by atoms with E-state index in [4.69, 9.17) is 10.2 Å². The Morgan fingerprint density at radius 1 is 0.764 bits per heavy atom. The first-order valence-corrected chi connectivity index (χ1v) is 16.5. The Balaban J connectivity index is 5.14. The first-order chi connectivity index (χ1) is 25.9. The maximum absolute atomic E-state index is 12.5. The molecular weight excluding hydrogens is 730 g/mol. The molecule has 0 aromatic heterocycles. The highest BCUT2D eigenvalue weighted by Crippen LogP contribution is 2.04. The third-order valence-corrected chi connectivity index (χ3v) is 6.91. The van der Waals surface area contributed by atoms with E-state index < -0.39 is 96.3 Å². The van der Waals surface area contributed by atoms with Gasteiger partial charge in [-0.3, -0.25) is 39.1 Å². The van der Waals surface area contributed by atoms with Crippen molar-refractivity contribution < 1.29 is 68.4 Å². The van der Waals surface area contributed by atoms with Crippen LogP contribution in [0.2, 0.25) is 0 Å². The minimum atomic E-state index is -1.76. The summed E-state index contributed by atoms with van der Waals surface area (Å²) in [5, 5.41) is 48.8. The molecule has 55 heavy (non-hydrogen) atoms. The molecule has 4 atom stereocenters. The Hall–Kier alpha value is -6.56. The number of Topliss-reactive ketones (excluding diaryl/α,β-unsaturated/α-hetero) is 1. The number of amides is 5. The van der Waals surface area contributed by atoms with Gasteiger partial charge >= 0.3 is 23.9 Å². The van der Waals surface area contributed by atoms with Crippen molar-refractivity contribution >= 4 is 71.6 Å². The second-order valence-corrected chi connectivity index (χ2v) is 11.3. The number of likely N-dealkylation sites (N-methyl/N-ethyl adjacent to an activating group) is 1. The van der Waals surface area contributed by atoms with Crippen LogP contribution in [0.1, 0.15) is 58.3 Å². The Morgan fingerprint density at radius 2 is 1.40 bits per heavy atom. The van der Waals surface area contributed by atoms with Gasteiger partial charge in [0.25, 0.3) is 5.91 Å². The van der Waals surface area contributed by atoms with Crippen molar-refractivity contribution in [2.45, 2.75) is 82.5 Å². The van der Waals surface area contributed by atoms with Crippen LogP contribution in [0.4, 0.5) is 0 Å². The number of carbonyl (C=O) groups is 10. The smallest absolute Gasteiger partial charge is 0.330 e. The lowest BCUT2D eigenvalue weighted by atomic mass is 10.1. The van der Waals surface area contributed by atoms with Gasteiger partial charge in [0, 0.05) is 57.0 Å². The van der Waals surface area contributed by atoms with Crippen LogP contribution >= 0.6 is 0 Å². The zero-order chi connectivity index (χ0) is 41.9. The maximum Gasteiger partial charge on any atom is 0.330 e. The normalized spacial score (nSPS) is 13.2. The first kappa shape index (κ1) is 48.4. The van der Waals surface area contributed by atoms with E-state index in [9.17, 15) is 58.2 Å². The number of aliphatic imine (C=N–C) groups is 2. The molecule has 0 fully saturated rings. The van der Waals surface area contributed by atoms with Gasteiger partial charge in [-0.1, -0.05) is 5.92 Å². The standard InChI is InChI=1S/C34H45N7O14/c1-20(42)39-24(32(50)51)11-10-22(43)19-38-21(9-17-30(47)48)8-14-28(45)40-26(34(54)55)13-16-29(46)41-25(33(52)53)12-15-27(44)37-18-6-4-5-7-23(35-2)31(49)36-3/h9,13,16-17,23-26,35H,3-4,6,8,10-12,14-15,18-19H2,1-2H3,(H,37,44)(H,39,42)(H,40,45)(H,41,46)(H,47,48)(H,50,51)(H,52,53)(H,54,55)/b16-13+,17-9+,38-21?/t23-,24-,25-,26-/m0/s1. The van der Waals surface area contributed by atoms with Gasteiger partial charge in [-0.2, -0.15) is 0 Å². The van der Waals surface area contributed by atoms with Gasteiger partial charge in [0.1, 0.15) is 18.1 Å². The Labute approximate surface area is 315 Å². The summed E-state index contributed by atoms with van der Waals surface area (Å²) >= 11 is 0. The molecule has 300 valence electrons. The molecule has 21 heteroatoms. The third kappa shape index (κ3) is 23.6. The van der Waals surface area contributed by atoms with E-state index in [1.165, 1.54) is 7.05 Å². The van der Waals surface area contributed by atoms with Crippen LogP contribution in [0.25, 0.3) is 0 Å². The number of aliphatic carboxylic acids is 4. The summed E-state index contributed by atoms with van der Waals surface area (Å²) in [6.07, 6.45) is 2.07. The van der Waals surface area contributed by atoms with Gasteiger partial charge in [-0.05, 0) is 51.6 Å². The number of allylic oxidation sites excluding steroid dienone is 1. The number of ketones is 1. The van der Waals surface area contributed by atoms with Crippen LogP contribution < -0.4 is 26.6 Å². The van der Waals surface area contributed by atoms with Crippen LogP contribution in [0.15, 0.2) is 34.3 Å². The first-order valence-electron chi connectivity index (χ1n) is 16.5. The number of hydrogen-bond donors (Lipinski definition) is 9. The van der Waals surface area contributed by atoms with Crippen LogP contribution in [-0.4, -0.2) is 136 Å². The zero-order valence-corrected chi connectivity index (χ0v) is 30.2. The molecule has 0 saturated heterocycles. The molecule has 5 amide bonds. The highest BCUT2D eigenvalue weighted by Gasteiger charge is 2.22. The average Bonchev–Trinajstić information content (AvgIpc) is 3.11. The highest BCUT2D eigenvalue weighted by molar-refractivity contribution is 6.02.